The zero-order valence-corrected chi connectivity index (χ0v) is 9.67. The Balaban J connectivity index is 2.28. The van der Waals surface area contributed by atoms with Crippen LogP contribution in [0.1, 0.15) is 18.4 Å². The molecule has 0 unspecified atom stereocenters. The van der Waals surface area contributed by atoms with Crippen LogP contribution in [0.15, 0.2) is 12.3 Å². The van der Waals surface area contributed by atoms with Crippen LogP contribution in [0.25, 0.3) is 0 Å². The SMILES string of the molecule is Cc1cnc(N2CCC(O)CC2)c([N+](=O)[O-])c1. The van der Waals surface area contributed by atoms with E-state index in [0.29, 0.717) is 31.7 Å². The van der Waals surface area contributed by atoms with Crippen LogP contribution in [0.2, 0.25) is 0 Å². The van der Waals surface area contributed by atoms with Gasteiger partial charge in [0.15, 0.2) is 0 Å². The Bertz CT molecular complexity index is 428. The number of piperidine rings is 1. The van der Waals surface area contributed by atoms with E-state index in [-0.39, 0.29) is 11.8 Å². The first kappa shape index (κ1) is 11.8. The van der Waals surface area contributed by atoms with Gasteiger partial charge in [0.1, 0.15) is 0 Å². The molecule has 0 radical (unpaired) electrons. The predicted molar refractivity (Wildman–Crippen MR) is 63.1 cm³/mol. The monoisotopic (exact) mass is 237 g/mol. The second-order valence-electron chi connectivity index (χ2n) is 4.33. The molecule has 1 aliphatic heterocycles. The third-order valence-electron chi connectivity index (χ3n) is 2.94. The van der Waals surface area contributed by atoms with E-state index in [1.165, 1.54) is 6.07 Å². The van der Waals surface area contributed by atoms with E-state index in [0.717, 1.165) is 5.56 Å². The number of aromatic nitrogens is 1. The summed E-state index contributed by atoms with van der Waals surface area (Å²) in [6.45, 7) is 3.00. The molecule has 17 heavy (non-hydrogen) atoms. The minimum atomic E-state index is -0.402. The van der Waals surface area contributed by atoms with Gasteiger partial charge in [-0.05, 0) is 25.3 Å². The summed E-state index contributed by atoms with van der Waals surface area (Å²) in [5.74, 6) is 0.410. The Hall–Kier alpha value is -1.69. The number of hydrogen-bond donors (Lipinski definition) is 1. The van der Waals surface area contributed by atoms with Crippen molar-refractivity contribution in [3.63, 3.8) is 0 Å². The summed E-state index contributed by atoms with van der Waals surface area (Å²) in [6, 6.07) is 1.54. The van der Waals surface area contributed by atoms with E-state index in [9.17, 15) is 15.2 Å². The molecular formula is C11H15N3O3. The topological polar surface area (TPSA) is 79.5 Å². The van der Waals surface area contributed by atoms with Gasteiger partial charge in [0.2, 0.25) is 5.82 Å². The van der Waals surface area contributed by atoms with Crippen LogP contribution < -0.4 is 4.90 Å². The number of nitrogens with zero attached hydrogens (tertiary/aromatic N) is 3. The number of nitro groups is 1. The Morgan fingerprint density at radius 1 is 1.53 bits per heavy atom. The van der Waals surface area contributed by atoms with Gasteiger partial charge in [0.05, 0.1) is 11.0 Å². The summed E-state index contributed by atoms with van der Waals surface area (Å²) in [6.07, 6.45) is 2.60. The van der Waals surface area contributed by atoms with Crippen molar-refractivity contribution in [3.8, 4) is 0 Å². The van der Waals surface area contributed by atoms with E-state index in [4.69, 9.17) is 0 Å². The smallest absolute Gasteiger partial charge is 0.311 e. The van der Waals surface area contributed by atoms with E-state index in [2.05, 4.69) is 4.98 Å². The molecule has 1 saturated heterocycles. The second-order valence-corrected chi connectivity index (χ2v) is 4.33. The third-order valence-corrected chi connectivity index (χ3v) is 2.94. The Morgan fingerprint density at radius 3 is 2.76 bits per heavy atom. The fourth-order valence-electron chi connectivity index (χ4n) is 2.00. The number of pyridine rings is 1. The highest BCUT2D eigenvalue weighted by molar-refractivity contribution is 5.58. The zero-order chi connectivity index (χ0) is 12.4. The summed E-state index contributed by atoms with van der Waals surface area (Å²) < 4.78 is 0. The average Bonchev–Trinajstić information content (AvgIpc) is 2.30. The van der Waals surface area contributed by atoms with Gasteiger partial charge in [-0.3, -0.25) is 10.1 Å². The highest BCUT2D eigenvalue weighted by Gasteiger charge is 2.25. The fourth-order valence-corrected chi connectivity index (χ4v) is 2.00. The summed E-state index contributed by atoms with van der Waals surface area (Å²) in [7, 11) is 0. The Labute approximate surface area is 99.0 Å². The van der Waals surface area contributed by atoms with Crippen LogP contribution in [-0.2, 0) is 0 Å². The van der Waals surface area contributed by atoms with Gasteiger partial charge >= 0.3 is 5.69 Å². The van der Waals surface area contributed by atoms with E-state index < -0.39 is 4.92 Å². The van der Waals surface area contributed by atoms with Gasteiger partial charge < -0.3 is 10.0 Å². The number of aliphatic hydroxyl groups is 1. The van der Waals surface area contributed by atoms with Crippen molar-refractivity contribution >= 4 is 11.5 Å². The summed E-state index contributed by atoms with van der Waals surface area (Å²) >= 11 is 0. The molecule has 1 fully saturated rings. The molecule has 0 atom stereocenters. The number of anilines is 1. The van der Waals surface area contributed by atoms with Crippen molar-refractivity contribution in [2.24, 2.45) is 0 Å². The van der Waals surface area contributed by atoms with Crippen molar-refractivity contribution in [1.82, 2.24) is 4.98 Å². The average molecular weight is 237 g/mol. The molecule has 1 aliphatic rings. The van der Waals surface area contributed by atoms with E-state index >= 15 is 0 Å². The number of aryl methyl sites for hydroxylation is 1. The van der Waals surface area contributed by atoms with Crippen LogP contribution >= 0.6 is 0 Å². The number of aliphatic hydroxyl groups excluding tert-OH is 1. The molecule has 0 aliphatic carbocycles. The maximum Gasteiger partial charge on any atom is 0.311 e. The lowest BCUT2D eigenvalue weighted by molar-refractivity contribution is -0.384. The molecular weight excluding hydrogens is 222 g/mol. The molecule has 2 rings (SSSR count). The van der Waals surface area contributed by atoms with Crippen LogP contribution in [0, 0.1) is 17.0 Å². The molecule has 1 aromatic heterocycles. The third kappa shape index (κ3) is 2.52. The van der Waals surface area contributed by atoms with Crippen LogP contribution in [-0.4, -0.2) is 34.2 Å². The maximum absolute atomic E-state index is 11.0. The number of rotatable bonds is 2. The quantitative estimate of drug-likeness (QED) is 0.618. The standard InChI is InChI=1S/C11H15N3O3/c1-8-6-10(14(16)17)11(12-7-8)13-4-2-9(15)3-5-13/h6-7,9,15H,2-5H2,1H3. The lowest BCUT2D eigenvalue weighted by atomic mass is 10.1. The lowest BCUT2D eigenvalue weighted by Gasteiger charge is -2.30. The minimum absolute atomic E-state index is 0.0430. The lowest BCUT2D eigenvalue weighted by Crippen LogP contribution is -2.36. The van der Waals surface area contributed by atoms with Gasteiger partial charge in [0, 0.05) is 25.4 Å². The summed E-state index contributed by atoms with van der Waals surface area (Å²) in [4.78, 5) is 16.6. The Morgan fingerprint density at radius 2 is 2.18 bits per heavy atom. The summed E-state index contributed by atoms with van der Waals surface area (Å²) in [5, 5.41) is 20.4. The molecule has 1 aromatic rings. The van der Waals surface area contributed by atoms with E-state index in [1.54, 1.807) is 13.1 Å². The van der Waals surface area contributed by atoms with Crippen molar-refractivity contribution in [2.45, 2.75) is 25.9 Å². The molecule has 6 heteroatoms. The molecule has 2 heterocycles. The number of hydrogen-bond acceptors (Lipinski definition) is 5. The highest BCUT2D eigenvalue weighted by Crippen LogP contribution is 2.28. The normalized spacial score (nSPS) is 17.2. The molecule has 92 valence electrons. The predicted octanol–water partition coefficient (Wildman–Crippen LogP) is 1.26. The molecule has 6 nitrogen and oxygen atoms in total. The van der Waals surface area contributed by atoms with Crippen molar-refractivity contribution in [1.29, 1.82) is 0 Å². The molecule has 0 amide bonds. The van der Waals surface area contributed by atoms with Crippen molar-refractivity contribution < 1.29 is 10.0 Å². The molecule has 0 saturated carbocycles. The highest BCUT2D eigenvalue weighted by atomic mass is 16.6. The molecule has 0 aromatic carbocycles. The van der Waals surface area contributed by atoms with Crippen molar-refractivity contribution in [3.05, 3.63) is 27.9 Å². The second kappa shape index (κ2) is 4.67. The van der Waals surface area contributed by atoms with Crippen LogP contribution in [0.3, 0.4) is 0 Å². The van der Waals surface area contributed by atoms with Gasteiger partial charge in [-0.2, -0.15) is 0 Å². The van der Waals surface area contributed by atoms with Gasteiger partial charge in [-0.15, -0.1) is 0 Å². The first-order valence-corrected chi connectivity index (χ1v) is 5.62. The fraction of sp³-hybridized carbons (Fsp3) is 0.545. The summed E-state index contributed by atoms with van der Waals surface area (Å²) in [5.41, 5.74) is 0.818. The minimum Gasteiger partial charge on any atom is -0.393 e. The maximum atomic E-state index is 11.0. The largest absolute Gasteiger partial charge is 0.393 e. The zero-order valence-electron chi connectivity index (χ0n) is 9.67. The van der Waals surface area contributed by atoms with Gasteiger partial charge in [-0.1, -0.05) is 0 Å². The Kier molecular flexibility index (Phi) is 3.23. The van der Waals surface area contributed by atoms with Gasteiger partial charge in [-0.25, -0.2) is 4.98 Å². The first-order valence-electron chi connectivity index (χ1n) is 5.62. The molecule has 0 bridgehead atoms. The van der Waals surface area contributed by atoms with Gasteiger partial charge in [0.25, 0.3) is 0 Å². The molecule has 1 N–H and O–H groups in total. The van der Waals surface area contributed by atoms with E-state index in [1.807, 2.05) is 4.90 Å². The van der Waals surface area contributed by atoms with Crippen molar-refractivity contribution in [2.75, 3.05) is 18.0 Å². The molecule has 0 spiro atoms. The first-order chi connectivity index (χ1) is 8.08. The van der Waals surface area contributed by atoms with Crippen LogP contribution in [0.5, 0.6) is 0 Å². The van der Waals surface area contributed by atoms with Crippen LogP contribution in [0.4, 0.5) is 11.5 Å².